The van der Waals surface area contributed by atoms with Crippen molar-refractivity contribution in [2.24, 2.45) is 5.92 Å². The Kier molecular flexibility index (Phi) is 7.76. The van der Waals surface area contributed by atoms with Crippen LogP contribution in [-0.4, -0.2) is 25.4 Å². The van der Waals surface area contributed by atoms with E-state index in [0.717, 1.165) is 25.3 Å². The monoisotopic (exact) mass is 293 g/mol. The van der Waals surface area contributed by atoms with Gasteiger partial charge in [-0.3, -0.25) is 0 Å². The van der Waals surface area contributed by atoms with Crippen molar-refractivity contribution in [2.45, 2.75) is 53.2 Å². The number of hydrogen-bond acceptors (Lipinski definition) is 3. The fourth-order valence-electron chi connectivity index (χ4n) is 1.83. The molecule has 1 aromatic carbocycles. The van der Waals surface area contributed by atoms with Crippen LogP contribution in [0.25, 0.3) is 0 Å². The third-order valence-corrected chi connectivity index (χ3v) is 3.48. The summed E-state index contributed by atoms with van der Waals surface area (Å²) in [4.78, 5) is 0. The van der Waals surface area contributed by atoms with Crippen molar-refractivity contribution >= 4 is 0 Å². The molecule has 21 heavy (non-hydrogen) atoms. The van der Waals surface area contributed by atoms with E-state index in [4.69, 9.17) is 9.47 Å². The lowest BCUT2D eigenvalue weighted by Gasteiger charge is -2.23. The van der Waals surface area contributed by atoms with Gasteiger partial charge in [-0.1, -0.05) is 32.9 Å². The van der Waals surface area contributed by atoms with Crippen LogP contribution >= 0.6 is 0 Å². The van der Waals surface area contributed by atoms with Crippen LogP contribution in [0.5, 0.6) is 5.75 Å². The zero-order valence-corrected chi connectivity index (χ0v) is 14.2. The molecule has 3 heteroatoms. The second kappa shape index (κ2) is 9.06. The molecule has 0 saturated carbocycles. The molecule has 0 aliphatic rings. The Morgan fingerprint density at radius 3 is 2.62 bits per heavy atom. The lowest BCUT2D eigenvalue weighted by atomic mass is 10.1. The summed E-state index contributed by atoms with van der Waals surface area (Å²) in [5.74, 6) is 1.58. The van der Waals surface area contributed by atoms with E-state index >= 15 is 0 Å². The number of benzene rings is 1. The van der Waals surface area contributed by atoms with E-state index in [1.54, 1.807) is 0 Å². The molecule has 0 bridgehead atoms. The van der Waals surface area contributed by atoms with Gasteiger partial charge < -0.3 is 14.8 Å². The minimum absolute atomic E-state index is 0.0635. The largest absolute Gasteiger partial charge is 0.491 e. The molecule has 0 aliphatic carbocycles. The van der Waals surface area contributed by atoms with Crippen molar-refractivity contribution in [3.05, 3.63) is 29.8 Å². The van der Waals surface area contributed by atoms with Gasteiger partial charge in [0.05, 0.1) is 12.2 Å². The molecule has 0 heterocycles. The minimum atomic E-state index is -0.0635. The molecule has 1 aromatic rings. The van der Waals surface area contributed by atoms with E-state index < -0.39 is 0 Å². The molecule has 120 valence electrons. The zero-order valence-electron chi connectivity index (χ0n) is 14.2. The van der Waals surface area contributed by atoms with Gasteiger partial charge in [0.2, 0.25) is 0 Å². The summed E-state index contributed by atoms with van der Waals surface area (Å²) >= 11 is 0. The summed E-state index contributed by atoms with van der Waals surface area (Å²) < 4.78 is 11.5. The molecule has 0 saturated heterocycles. The van der Waals surface area contributed by atoms with Crippen LogP contribution in [0.4, 0.5) is 0 Å². The first kappa shape index (κ1) is 18.0. The number of hydrogen-bond donors (Lipinski definition) is 1. The maximum atomic E-state index is 5.78. The Morgan fingerprint density at radius 1 is 1.19 bits per heavy atom. The summed E-state index contributed by atoms with van der Waals surface area (Å²) in [6.07, 6.45) is 1.00. The highest BCUT2D eigenvalue weighted by Crippen LogP contribution is 2.15. The zero-order chi connectivity index (χ0) is 15.7. The summed E-state index contributed by atoms with van der Waals surface area (Å²) in [6, 6.07) is 8.25. The van der Waals surface area contributed by atoms with E-state index in [-0.39, 0.29) is 5.60 Å². The summed E-state index contributed by atoms with van der Waals surface area (Å²) in [5, 5.41) is 3.44. The van der Waals surface area contributed by atoms with Gasteiger partial charge in [-0.2, -0.15) is 0 Å². The van der Waals surface area contributed by atoms with Crippen molar-refractivity contribution in [1.82, 2.24) is 5.32 Å². The Hall–Kier alpha value is -1.06. The van der Waals surface area contributed by atoms with E-state index in [1.807, 2.05) is 12.1 Å². The Morgan fingerprint density at radius 2 is 1.95 bits per heavy atom. The maximum Gasteiger partial charge on any atom is 0.119 e. The molecule has 0 radical (unpaired) electrons. The fraction of sp³-hybridized carbons (Fsp3) is 0.667. The summed E-state index contributed by atoms with van der Waals surface area (Å²) in [6.45, 7) is 13.9. The van der Waals surface area contributed by atoms with Crippen LogP contribution in [0.15, 0.2) is 24.3 Å². The quantitative estimate of drug-likeness (QED) is 0.661. The van der Waals surface area contributed by atoms with Crippen molar-refractivity contribution in [2.75, 3.05) is 19.8 Å². The van der Waals surface area contributed by atoms with Crippen LogP contribution in [0.3, 0.4) is 0 Å². The third-order valence-electron chi connectivity index (χ3n) is 3.48. The first-order valence-electron chi connectivity index (χ1n) is 7.99. The van der Waals surface area contributed by atoms with Gasteiger partial charge in [0.1, 0.15) is 12.4 Å². The Bertz CT molecular complexity index is 402. The normalized spacial score (nSPS) is 11.9. The topological polar surface area (TPSA) is 30.5 Å². The highest BCUT2D eigenvalue weighted by molar-refractivity contribution is 5.28. The smallest absolute Gasteiger partial charge is 0.119 e. The molecule has 0 unspecified atom stereocenters. The highest BCUT2D eigenvalue weighted by atomic mass is 16.5. The van der Waals surface area contributed by atoms with Gasteiger partial charge in [0.25, 0.3) is 0 Å². The van der Waals surface area contributed by atoms with Crippen LogP contribution < -0.4 is 10.1 Å². The fourth-order valence-corrected chi connectivity index (χ4v) is 1.83. The molecule has 1 rings (SSSR count). The van der Waals surface area contributed by atoms with Crippen LogP contribution in [0.1, 0.15) is 46.6 Å². The van der Waals surface area contributed by atoms with Crippen molar-refractivity contribution in [3.63, 3.8) is 0 Å². The van der Waals surface area contributed by atoms with Gasteiger partial charge in [0, 0.05) is 6.54 Å². The van der Waals surface area contributed by atoms with Gasteiger partial charge in [0.15, 0.2) is 0 Å². The maximum absolute atomic E-state index is 5.78. The van der Waals surface area contributed by atoms with Gasteiger partial charge >= 0.3 is 0 Å². The lowest BCUT2D eigenvalue weighted by molar-refractivity contribution is -0.0317. The molecular formula is C18H31NO2. The first-order chi connectivity index (χ1) is 9.93. The van der Waals surface area contributed by atoms with E-state index in [9.17, 15) is 0 Å². The average Bonchev–Trinajstić information content (AvgIpc) is 2.44. The molecular weight excluding hydrogens is 262 g/mol. The van der Waals surface area contributed by atoms with Crippen LogP contribution in [0, 0.1) is 5.92 Å². The average molecular weight is 293 g/mol. The van der Waals surface area contributed by atoms with Crippen molar-refractivity contribution in [3.8, 4) is 5.75 Å². The predicted molar refractivity (Wildman–Crippen MR) is 88.8 cm³/mol. The Labute approximate surface area is 130 Å². The molecule has 0 spiro atoms. The molecule has 0 aromatic heterocycles. The second-order valence-electron chi connectivity index (χ2n) is 6.48. The molecule has 0 amide bonds. The molecule has 3 nitrogen and oxygen atoms in total. The third kappa shape index (κ3) is 8.08. The molecule has 0 atom stereocenters. The summed E-state index contributed by atoms with van der Waals surface area (Å²) in [7, 11) is 0. The van der Waals surface area contributed by atoms with Gasteiger partial charge in [-0.25, -0.2) is 0 Å². The second-order valence-corrected chi connectivity index (χ2v) is 6.48. The van der Waals surface area contributed by atoms with E-state index in [2.05, 4.69) is 52.1 Å². The SMILES string of the molecule is CCC(C)(C)OCCOc1cccc(CNCC(C)C)c1. The molecule has 0 fully saturated rings. The molecule has 0 aliphatic heterocycles. The number of nitrogens with one attached hydrogen (secondary N) is 1. The minimum Gasteiger partial charge on any atom is -0.491 e. The Balaban J connectivity index is 2.32. The number of rotatable bonds is 10. The number of ether oxygens (including phenoxy) is 2. The molecule has 1 N–H and O–H groups in total. The van der Waals surface area contributed by atoms with Gasteiger partial charge in [-0.15, -0.1) is 0 Å². The van der Waals surface area contributed by atoms with Gasteiger partial charge in [-0.05, 0) is 50.4 Å². The summed E-state index contributed by atoms with van der Waals surface area (Å²) in [5.41, 5.74) is 1.19. The van der Waals surface area contributed by atoms with Crippen LogP contribution in [0.2, 0.25) is 0 Å². The van der Waals surface area contributed by atoms with Crippen LogP contribution in [-0.2, 0) is 11.3 Å². The van der Waals surface area contributed by atoms with Crippen molar-refractivity contribution in [1.29, 1.82) is 0 Å². The highest BCUT2D eigenvalue weighted by Gasteiger charge is 2.14. The lowest BCUT2D eigenvalue weighted by Crippen LogP contribution is -2.25. The predicted octanol–water partition coefficient (Wildman–Crippen LogP) is 4.02. The van der Waals surface area contributed by atoms with E-state index in [1.165, 1.54) is 5.56 Å². The van der Waals surface area contributed by atoms with Crippen molar-refractivity contribution < 1.29 is 9.47 Å². The van der Waals surface area contributed by atoms with E-state index in [0.29, 0.717) is 19.1 Å². The first-order valence-corrected chi connectivity index (χ1v) is 7.99. The standard InChI is InChI=1S/C18H31NO2/c1-6-18(4,5)21-11-10-20-17-9-7-8-16(12-17)14-19-13-15(2)3/h7-9,12,15,19H,6,10-11,13-14H2,1-5H3.